The van der Waals surface area contributed by atoms with Gasteiger partial charge in [0.25, 0.3) is 0 Å². The fraction of sp³-hybridized carbons (Fsp3) is 0.636. The topological polar surface area (TPSA) is 88.3 Å². The summed E-state index contributed by atoms with van der Waals surface area (Å²) in [5.74, 6) is -0.483. The highest BCUT2D eigenvalue weighted by atomic mass is 16.4. The molecule has 1 amide bonds. The van der Waals surface area contributed by atoms with E-state index in [1.807, 2.05) is 13.8 Å². The molecule has 1 fully saturated rings. The average molecular weight is 252 g/mol. The zero-order valence-corrected chi connectivity index (χ0v) is 10.4. The normalized spacial score (nSPS) is 19.8. The third kappa shape index (κ3) is 2.20. The van der Waals surface area contributed by atoms with Crippen molar-refractivity contribution in [1.29, 1.82) is 0 Å². The minimum absolute atomic E-state index is 0.128. The summed E-state index contributed by atoms with van der Waals surface area (Å²) in [6.07, 6.45) is 2.07. The van der Waals surface area contributed by atoms with E-state index in [9.17, 15) is 9.59 Å². The molecule has 7 nitrogen and oxygen atoms in total. The van der Waals surface area contributed by atoms with Crippen molar-refractivity contribution in [2.24, 2.45) is 0 Å². The summed E-state index contributed by atoms with van der Waals surface area (Å²) in [7, 11) is 0. The van der Waals surface area contributed by atoms with Gasteiger partial charge in [-0.05, 0) is 20.3 Å². The van der Waals surface area contributed by atoms with Crippen molar-refractivity contribution >= 4 is 11.9 Å². The van der Waals surface area contributed by atoms with E-state index in [-0.39, 0.29) is 24.9 Å². The van der Waals surface area contributed by atoms with E-state index in [1.54, 1.807) is 4.68 Å². The number of carboxylic acids is 1. The fourth-order valence-corrected chi connectivity index (χ4v) is 2.16. The van der Waals surface area contributed by atoms with Gasteiger partial charge in [0, 0.05) is 12.5 Å². The van der Waals surface area contributed by atoms with E-state index in [4.69, 9.17) is 5.11 Å². The number of nitrogens with zero attached hydrogens (tertiary/aromatic N) is 4. The maximum atomic E-state index is 11.7. The first-order valence-corrected chi connectivity index (χ1v) is 5.91. The minimum atomic E-state index is -0.962. The molecule has 0 spiro atoms. The van der Waals surface area contributed by atoms with E-state index in [2.05, 4.69) is 10.1 Å². The lowest BCUT2D eigenvalue weighted by atomic mass is 10.2. The Bertz CT molecular complexity index is 469. The lowest BCUT2D eigenvalue weighted by Gasteiger charge is -2.21. The molecule has 1 atom stereocenters. The lowest BCUT2D eigenvalue weighted by molar-refractivity contribution is -0.146. The molecule has 18 heavy (non-hydrogen) atoms. The van der Waals surface area contributed by atoms with Gasteiger partial charge in [-0.15, -0.1) is 0 Å². The molecule has 1 aliphatic rings. The first kappa shape index (κ1) is 12.5. The van der Waals surface area contributed by atoms with Gasteiger partial charge in [0.1, 0.15) is 18.2 Å². The first-order chi connectivity index (χ1) is 8.50. The number of carbonyl (C=O) groups is 2. The van der Waals surface area contributed by atoms with Crippen LogP contribution in [0.25, 0.3) is 0 Å². The van der Waals surface area contributed by atoms with E-state index >= 15 is 0 Å². The average Bonchev–Trinajstić information content (AvgIpc) is 2.87. The van der Waals surface area contributed by atoms with Gasteiger partial charge in [0.05, 0.1) is 6.54 Å². The molecule has 0 aromatic carbocycles. The maximum Gasteiger partial charge on any atom is 0.326 e. The minimum Gasteiger partial charge on any atom is -0.480 e. The molecular formula is C11H16N4O3. The molecule has 98 valence electrons. The second-order valence-electron chi connectivity index (χ2n) is 4.63. The SMILES string of the molecule is CC(C)n1ncnc1CN1C(=O)CCC1C(=O)O. The van der Waals surface area contributed by atoms with Crippen LogP contribution in [0.2, 0.25) is 0 Å². The van der Waals surface area contributed by atoms with Crippen molar-refractivity contribution in [2.45, 2.75) is 45.3 Å². The van der Waals surface area contributed by atoms with Crippen molar-refractivity contribution in [3.8, 4) is 0 Å². The third-order valence-corrected chi connectivity index (χ3v) is 3.06. The smallest absolute Gasteiger partial charge is 0.326 e. The van der Waals surface area contributed by atoms with Gasteiger partial charge in [-0.3, -0.25) is 4.79 Å². The van der Waals surface area contributed by atoms with Crippen molar-refractivity contribution in [3.63, 3.8) is 0 Å². The van der Waals surface area contributed by atoms with E-state index in [0.29, 0.717) is 12.2 Å². The molecule has 0 radical (unpaired) electrons. The molecule has 1 aromatic rings. The lowest BCUT2D eigenvalue weighted by Crippen LogP contribution is -2.38. The zero-order chi connectivity index (χ0) is 13.3. The van der Waals surface area contributed by atoms with Crippen molar-refractivity contribution < 1.29 is 14.7 Å². The highest BCUT2D eigenvalue weighted by molar-refractivity contribution is 5.87. The van der Waals surface area contributed by atoms with Crippen LogP contribution >= 0.6 is 0 Å². The first-order valence-electron chi connectivity index (χ1n) is 5.91. The van der Waals surface area contributed by atoms with Gasteiger partial charge in [0.2, 0.25) is 5.91 Å². The summed E-state index contributed by atoms with van der Waals surface area (Å²) in [5.41, 5.74) is 0. The Morgan fingerprint density at radius 2 is 2.33 bits per heavy atom. The number of aliphatic carboxylic acids is 1. The van der Waals surface area contributed by atoms with Gasteiger partial charge in [0.15, 0.2) is 0 Å². The Labute approximate surface area is 104 Å². The highest BCUT2D eigenvalue weighted by Crippen LogP contribution is 2.21. The Morgan fingerprint density at radius 1 is 1.61 bits per heavy atom. The number of carbonyl (C=O) groups excluding carboxylic acids is 1. The van der Waals surface area contributed by atoms with Gasteiger partial charge >= 0.3 is 5.97 Å². The van der Waals surface area contributed by atoms with Crippen LogP contribution in [0.3, 0.4) is 0 Å². The third-order valence-electron chi connectivity index (χ3n) is 3.06. The van der Waals surface area contributed by atoms with E-state index < -0.39 is 12.0 Å². The van der Waals surface area contributed by atoms with E-state index in [0.717, 1.165) is 0 Å². The number of amides is 1. The predicted octanol–water partition coefficient (Wildman–Crippen LogP) is 0.435. The van der Waals surface area contributed by atoms with Crippen LogP contribution in [-0.4, -0.2) is 42.7 Å². The second-order valence-corrected chi connectivity index (χ2v) is 4.63. The maximum absolute atomic E-state index is 11.7. The number of hydrogen-bond donors (Lipinski definition) is 1. The molecule has 0 bridgehead atoms. The van der Waals surface area contributed by atoms with Crippen LogP contribution in [-0.2, 0) is 16.1 Å². The fourth-order valence-electron chi connectivity index (χ4n) is 2.16. The Balaban J connectivity index is 2.19. The predicted molar refractivity (Wildman–Crippen MR) is 61.6 cm³/mol. The van der Waals surface area contributed by atoms with Gasteiger partial charge in [-0.2, -0.15) is 5.10 Å². The van der Waals surface area contributed by atoms with Gasteiger partial charge in [-0.1, -0.05) is 0 Å². The zero-order valence-electron chi connectivity index (χ0n) is 10.4. The standard InChI is InChI=1S/C11H16N4O3/c1-7(2)15-9(12-6-13-15)5-14-8(11(17)18)3-4-10(14)16/h6-8H,3-5H2,1-2H3,(H,17,18). The summed E-state index contributed by atoms with van der Waals surface area (Å²) in [6.45, 7) is 4.12. The van der Waals surface area contributed by atoms with Crippen LogP contribution in [0, 0.1) is 0 Å². The largest absolute Gasteiger partial charge is 0.480 e. The van der Waals surface area contributed by atoms with Crippen LogP contribution in [0.4, 0.5) is 0 Å². The number of likely N-dealkylation sites (tertiary alicyclic amines) is 1. The van der Waals surface area contributed by atoms with Gasteiger partial charge < -0.3 is 10.0 Å². The Morgan fingerprint density at radius 3 is 2.94 bits per heavy atom. The second kappa shape index (κ2) is 4.75. The molecule has 1 aliphatic heterocycles. The molecule has 1 N–H and O–H groups in total. The van der Waals surface area contributed by atoms with E-state index in [1.165, 1.54) is 11.2 Å². The molecule has 0 saturated carbocycles. The summed E-state index contributed by atoms with van der Waals surface area (Å²) in [6, 6.07) is -0.613. The van der Waals surface area contributed by atoms with Crippen LogP contribution < -0.4 is 0 Å². The molecule has 2 heterocycles. The highest BCUT2D eigenvalue weighted by Gasteiger charge is 2.36. The molecule has 7 heteroatoms. The number of hydrogen-bond acceptors (Lipinski definition) is 4. The summed E-state index contributed by atoms with van der Waals surface area (Å²) >= 11 is 0. The molecule has 1 aromatic heterocycles. The summed E-state index contributed by atoms with van der Waals surface area (Å²) < 4.78 is 1.70. The number of rotatable bonds is 4. The van der Waals surface area contributed by atoms with Gasteiger partial charge in [-0.25, -0.2) is 14.5 Å². The number of carboxylic acid groups (broad SMARTS) is 1. The van der Waals surface area contributed by atoms with Crippen molar-refractivity contribution in [3.05, 3.63) is 12.2 Å². The number of aromatic nitrogens is 3. The van der Waals surface area contributed by atoms with Crippen molar-refractivity contribution in [2.75, 3.05) is 0 Å². The van der Waals surface area contributed by atoms with Crippen LogP contribution in [0.1, 0.15) is 38.6 Å². The van der Waals surface area contributed by atoms with Crippen molar-refractivity contribution in [1.82, 2.24) is 19.7 Å². The Hall–Kier alpha value is -1.92. The summed E-state index contributed by atoms with van der Waals surface area (Å²) in [5, 5.41) is 13.1. The molecule has 1 saturated heterocycles. The quantitative estimate of drug-likeness (QED) is 0.839. The molecular weight excluding hydrogens is 236 g/mol. The van der Waals surface area contributed by atoms with Crippen LogP contribution in [0.5, 0.6) is 0 Å². The molecule has 0 aliphatic carbocycles. The monoisotopic (exact) mass is 252 g/mol. The summed E-state index contributed by atoms with van der Waals surface area (Å²) in [4.78, 5) is 28.2. The van der Waals surface area contributed by atoms with Crippen LogP contribution in [0.15, 0.2) is 6.33 Å². The Kier molecular flexibility index (Phi) is 3.31. The molecule has 1 unspecified atom stereocenters. The molecule has 2 rings (SSSR count).